The molecule has 2 rings (SSSR count). The van der Waals surface area contributed by atoms with Gasteiger partial charge in [0.15, 0.2) is 0 Å². The number of aromatic nitrogens is 2. The lowest BCUT2D eigenvalue weighted by Gasteiger charge is -2.22. The van der Waals surface area contributed by atoms with Crippen LogP contribution >= 0.6 is 0 Å². The van der Waals surface area contributed by atoms with E-state index in [-0.39, 0.29) is 11.9 Å². The largest absolute Gasteiger partial charge is 0.481 e. The van der Waals surface area contributed by atoms with Crippen LogP contribution in [0.2, 0.25) is 0 Å². The van der Waals surface area contributed by atoms with Crippen LogP contribution in [-0.2, 0) is 11.3 Å². The second-order valence-corrected chi connectivity index (χ2v) is 4.76. The van der Waals surface area contributed by atoms with Gasteiger partial charge in [-0.1, -0.05) is 0 Å². The number of aliphatic carboxylic acids is 1. The molecule has 1 aromatic heterocycles. The number of carboxylic acid groups (broad SMARTS) is 1. The summed E-state index contributed by atoms with van der Waals surface area (Å²) in [5, 5.41) is 9.06. The minimum Gasteiger partial charge on any atom is -0.481 e. The maximum atomic E-state index is 12.3. The van der Waals surface area contributed by atoms with Gasteiger partial charge in [0.2, 0.25) is 0 Å². The first-order valence-electron chi connectivity index (χ1n) is 6.30. The lowest BCUT2D eigenvalue weighted by molar-refractivity contribution is -0.142. The number of hydrogen-bond donors (Lipinski definition) is 2. The summed E-state index contributed by atoms with van der Waals surface area (Å²) in [7, 11) is 0. The summed E-state index contributed by atoms with van der Waals surface area (Å²) in [6, 6.07) is -0.301. The summed E-state index contributed by atoms with van der Waals surface area (Å²) in [6.45, 7) is 3.31. The molecule has 19 heavy (non-hydrogen) atoms. The Morgan fingerprint density at radius 2 is 2.32 bits per heavy atom. The topological polar surface area (TPSA) is 101 Å². The number of likely N-dealkylation sites (tertiary alicyclic amines) is 1. The van der Waals surface area contributed by atoms with E-state index in [9.17, 15) is 9.59 Å². The minimum atomic E-state index is -0.850. The van der Waals surface area contributed by atoms with Gasteiger partial charge in [-0.25, -0.2) is 4.98 Å². The van der Waals surface area contributed by atoms with Crippen LogP contribution in [0.1, 0.15) is 23.8 Å². The predicted molar refractivity (Wildman–Crippen MR) is 67.5 cm³/mol. The summed E-state index contributed by atoms with van der Waals surface area (Å²) in [5.41, 5.74) is 5.77. The summed E-state index contributed by atoms with van der Waals surface area (Å²) >= 11 is 0. The zero-order chi connectivity index (χ0) is 14.0. The van der Waals surface area contributed by atoms with Crippen molar-refractivity contribution in [3.8, 4) is 0 Å². The molecule has 1 aliphatic heterocycles. The van der Waals surface area contributed by atoms with Crippen LogP contribution in [0.25, 0.3) is 0 Å². The van der Waals surface area contributed by atoms with Gasteiger partial charge < -0.3 is 20.3 Å². The maximum Gasteiger partial charge on any atom is 0.308 e. The Balaban J connectivity index is 2.09. The molecule has 7 heteroatoms. The summed E-state index contributed by atoms with van der Waals surface area (Å²) in [6.07, 6.45) is 3.71. The third-order valence-electron chi connectivity index (χ3n) is 3.57. The van der Waals surface area contributed by atoms with Crippen LogP contribution in [-0.4, -0.2) is 50.6 Å². The molecule has 0 radical (unpaired) electrons. The second kappa shape index (κ2) is 5.40. The Labute approximate surface area is 111 Å². The van der Waals surface area contributed by atoms with Gasteiger partial charge in [-0.15, -0.1) is 0 Å². The summed E-state index contributed by atoms with van der Waals surface area (Å²) < 4.78 is 1.75. The highest BCUT2D eigenvalue weighted by Crippen LogP contribution is 2.25. The monoisotopic (exact) mass is 266 g/mol. The molecule has 104 valence electrons. The molecule has 3 N–H and O–H groups in total. The SMILES string of the molecule is CC1C(C(=O)O)CCN1C(=O)c1cn(CCN)cn1. The highest BCUT2D eigenvalue weighted by atomic mass is 16.4. The standard InChI is InChI=1S/C12H18N4O3/c1-8-9(12(18)19)2-4-16(8)11(17)10-6-15(5-3-13)7-14-10/h6-9H,2-5,13H2,1H3,(H,18,19). The molecule has 0 aromatic carbocycles. The first-order chi connectivity index (χ1) is 9.04. The Kier molecular flexibility index (Phi) is 3.84. The Morgan fingerprint density at radius 3 is 2.89 bits per heavy atom. The van der Waals surface area contributed by atoms with Crippen LogP contribution in [0.3, 0.4) is 0 Å². The van der Waals surface area contributed by atoms with Crippen molar-refractivity contribution in [2.24, 2.45) is 11.7 Å². The maximum absolute atomic E-state index is 12.3. The molecule has 0 aliphatic carbocycles. The van der Waals surface area contributed by atoms with Crippen LogP contribution in [0.5, 0.6) is 0 Å². The molecule has 2 heterocycles. The average molecular weight is 266 g/mol. The van der Waals surface area contributed by atoms with Gasteiger partial charge in [-0.05, 0) is 13.3 Å². The molecule has 2 unspecified atom stereocenters. The van der Waals surface area contributed by atoms with Gasteiger partial charge in [0, 0.05) is 31.9 Å². The van der Waals surface area contributed by atoms with Gasteiger partial charge in [0.05, 0.1) is 12.2 Å². The number of carboxylic acids is 1. The van der Waals surface area contributed by atoms with Crippen molar-refractivity contribution in [2.45, 2.75) is 25.9 Å². The number of nitrogens with zero attached hydrogens (tertiary/aromatic N) is 3. The molecular formula is C12H18N4O3. The van der Waals surface area contributed by atoms with Gasteiger partial charge in [0.25, 0.3) is 5.91 Å². The third kappa shape index (κ3) is 2.60. The van der Waals surface area contributed by atoms with Crippen molar-refractivity contribution in [3.63, 3.8) is 0 Å². The van der Waals surface area contributed by atoms with E-state index in [0.29, 0.717) is 31.7 Å². The van der Waals surface area contributed by atoms with Crippen molar-refractivity contribution < 1.29 is 14.7 Å². The average Bonchev–Trinajstić information content (AvgIpc) is 2.95. The molecule has 2 atom stereocenters. The number of carbonyl (C=O) groups excluding carboxylic acids is 1. The van der Waals surface area contributed by atoms with Crippen molar-refractivity contribution in [2.75, 3.05) is 13.1 Å². The van der Waals surface area contributed by atoms with Gasteiger partial charge in [-0.3, -0.25) is 9.59 Å². The first kappa shape index (κ1) is 13.5. The molecule has 1 aliphatic rings. The van der Waals surface area contributed by atoms with Crippen molar-refractivity contribution in [1.82, 2.24) is 14.5 Å². The number of imidazole rings is 1. The Hall–Kier alpha value is -1.89. The quantitative estimate of drug-likeness (QED) is 0.784. The molecule has 1 saturated heterocycles. The lowest BCUT2D eigenvalue weighted by Crippen LogP contribution is -2.37. The van der Waals surface area contributed by atoms with E-state index < -0.39 is 11.9 Å². The normalized spacial score (nSPS) is 22.7. The highest BCUT2D eigenvalue weighted by molar-refractivity contribution is 5.93. The Morgan fingerprint density at radius 1 is 1.58 bits per heavy atom. The molecule has 7 nitrogen and oxygen atoms in total. The van der Waals surface area contributed by atoms with Crippen LogP contribution in [0.15, 0.2) is 12.5 Å². The van der Waals surface area contributed by atoms with E-state index in [2.05, 4.69) is 4.98 Å². The Bertz CT molecular complexity index is 485. The zero-order valence-electron chi connectivity index (χ0n) is 10.8. The van der Waals surface area contributed by atoms with Gasteiger partial charge >= 0.3 is 5.97 Å². The van der Waals surface area contributed by atoms with E-state index in [0.717, 1.165) is 0 Å². The smallest absolute Gasteiger partial charge is 0.308 e. The van der Waals surface area contributed by atoms with Crippen LogP contribution < -0.4 is 5.73 Å². The van der Waals surface area contributed by atoms with Crippen LogP contribution in [0.4, 0.5) is 0 Å². The van der Waals surface area contributed by atoms with Gasteiger partial charge in [0.1, 0.15) is 5.69 Å². The first-order valence-corrected chi connectivity index (χ1v) is 6.30. The fourth-order valence-corrected chi connectivity index (χ4v) is 2.45. The van der Waals surface area contributed by atoms with Crippen molar-refractivity contribution >= 4 is 11.9 Å². The van der Waals surface area contributed by atoms with Crippen molar-refractivity contribution in [3.05, 3.63) is 18.2 Å². The van der Waals surface area contributed by atoms with Crippen LogP contribution in [0, 0.1) is 5.92 Å². The predicted octanol–water partition coefficient (Wildman–Crippen LogP) is -0.223. The minimum absolute atomic E-state index is 0.216. The third-order valence-corrected chi connectivity index (χ3v) is 3.57. The van der Waals surface area contributed by atoms with E-state index in [1.54, 1.807) is 28.9 Å². The van der Waals surface area contributed by atoms with E-state index in [4.69, 9.17) is 10.8 Å². The molecule has 1 aromatic rings. The fourth-order valence-electron chi connectivity index (χ4n) is 2.45. The molecule has 0 saturated carbocycles. The van der Waals surface area contributed by atoms with E-state index in [1.807, 2.05) is 0 Å². The number of amides is 1. The number of hydrogen-bond acceptors (Lipinski definition) is 4. The van der Waals surface area contributed by atoms with E-state index in [1.165, 1.54) is 0 Å². The number of carbonyl (C=O) groups is 2. The second-order valence-electron chi connectivity index (χ2n) is 4.76. The molecular weight excluding hydrogens is 248 g/mol. The fraction of sp³-hybridized carbons (Fsp3) is 0.583. The molecule has 0 bridgehead atoms. The molecule has 0 spiro atoms. The number of rotatable bonds is 4. The number of nitrogens with two attached hydrogens (primary N) is 1. The summed E-state index contributed by atoms with van der Waals surface area (Å²) in [4.78, 5) is 28.9. The lowest BCUT2D eigenvalue weighted by atomic mass is 10.0. The van der Waals surface area contributed by atoms with E-state index >= 15 is 0 Å². The summed E-state index contributed by atoms with van der Waals surface area (Å²) in [5.74, 6) is -1.56. The van der Waals surface area contributed by atoms with Crippen molar-refractivity contribution in [1.29, 1.82) is 0 Å². The molecule has 1 fully saturated rings. The zero-order valence-corrected chi connectivity index (χ0v) is 10.8. The highest BCUT2D eigenvalue weighted by Gasteiger charge is 2.38. The molecule has 1 amide bonds. The van der Waals surface area contributed by atoms with Gasteiger partial charge in [-0.2, -0.15) is 0 Å².